The molecular formula is C15H29ClN2O. The Labute approximate surface area is 123 Å². The van der Waals surface area contributed by atoms with Gasteiger partial charge in [0, 0.05) is 13.0 Å². The lowest BCUT2D eigenvalue weighted by Gasteiger charge is -2.10. The van der Waals surface area contributed by atoms with Crippen LogP contribution in [0.25, 0.3) is 0 Å². The third-order valence-electron chi connectivity index (χ3n) is 4.53. The van der Waals surface area contributed by atoms with E-state index in [1.165, 1.54) is 44.9 Å². The molecule has 19 heavy (non-hydrogen) atoms. The summed E-state index contributed by atoms with van der Waals surface area (Å²) in [5, 5.41) is 6.42. The minimum Gasteiger partial charge on any atom is -0.356 e. The van der Waals surface area contributed by atoms with E-state index < -0.39 is 0 Å². The molecule has 4 heteroatoms. The first-order chi connectivity index (χ1) is 8.84. The van der Waals surface area contributed by atoms with E-state index in [-0.39, 0.29) is 18.3 Å². The molecular weight excluding hydrogens is 260 g/mol. The van der Waals surface area contributed by atoms with Crippen LogP contribution in [0.5, 0.6) is 0 Å². The zero-order valence-corrected chi connectivity index (χ0v) is 12.8. The highest BCUT2D eigenvalue weighted by Crippen LogP contribution is 2.28. The Kier molecular flexibility index (Phi) is 8.47. The van der Waals surface area contributed by atoms with Crippen molar-refractivity contribution in [3.8, 4) is 0 Å². The minimum absolute atomic E-state index is 0. The maximum atomic E-state index is 11.7. The van der Waals surface area contributed by atoms with E-state index in [1.54, 1.807) is 0 Å². The quantitative estimate of drug-likeness (QED) is 0.707. The number of nitrogens with one attached hydrogen (secondary N) is 2. The molecule has 1 unspecified atom stereocenters. The SMILES string of the molecule is Cl.O=C(CCC1CCNC1)NCCCC1CCCC1. The van der Waals surface area contributed by atoms with E-state index in [4.69, 9.17) is 0 Å². The lowest BCUT2D eigenvalue weighted by Crippen LogP contribution is -2.25. The summed E-state index contributed by atoms with van der Waals surface area (Å²) < 4.78 is 0. The zero-order valence-electron chi connectivity index (χ0n) is 12.0. The molecule has 0 aromatic rings. The Bertz CT molecular complexity index is 249. The first-order valence-corrected chi connectivity index (χ1v) is 7.82. The van der Waals surface area contributed by atoms with Gasteiger partial charge in [-0.25, -0.2) is 0 Å². The highest BCUT2D eigenvalue weighted by Gasteiger charge is 2.16. The van der Waals surface area contributed by atoms with Crippen molar-refractivity contribution >= 4 is 18.3 Å². The highest BCUT2D eigenvalue weighted by molar-refractivity contribution is 5.85. The lowest BCUT2D eigenvalue weighted by atomic mass is 10.0. The molecule has 0 spiro atoms. The number of carbonyl (C=O) groups excluding carboxylic acids is 1. The van der Waals surface area contributed by atoms with Crippen molar-refractivity contribution < 1.29 is 4.79 Å². The predicted octanol–water partition coefficient (Wildman–Crippen LogP) is 2.88. The van der Waals surface area contributed by atoms with Crippen molar-refractivity contribution in [1.29, 1.82) is 0 Å². The van der Waals surface area contributed by atoms with E-state index in [9.17, 15) is 4.79 Å². The molecule has 2 fully saturated rings. The molecule has 1 saturated carbocycles. The van der Waals surface area contributed by atoms with Crippen LogP contribution >= 0.6 is 12.4 Å². The van der Waals surface area contributed by atoms with Crippen LogP contribution in [0, 0.1) is 11.8 Å². The predicted molar refractivity (Wildman–Crippen MR) is 81.7 cm³/mol. The van der Waals surface area contributed by atoms with Crippen LogP contribution in [0.2, 0.25) is 0 Å². The average molecular weight is 289 g/mol. The minimum atomic E-state index is 0. The number of hydrogen-bond donors (Lipinski definition) is 2. The number of carbonyl (C=O) groups is 1. The summed E-state index contributed by atoms with van der Waals surface area (Å²) in [5.74, 6) is 1.94. The van der Waals surface area contributed by atoms with Gasteiger partial charge in [-0.2, -0.15) is 0 Å². The molecule has 0 bridgehead atoms. The number of rotatable bonds is 7. The van der Waals surface area contributed by atoms with Gasteiger partial charge >= 0.3 is 0 Å². The largest absolute Gasteiger partial charge is 0.356 e. The molecule has 2 N–H and O–H groups in total. The van der Waals surface area contributed by atoms with Crippen molar-refractivity contribution in [2.24, 2.45) is 11.8 Å². The van der Waals surface area contributed by atoms with Gasteiger partial charge in [0.2, 0.25) is 5.91 Å². The van der Waals surface area contributed by atoms with Crippen molar-refractivity contribution in [2.45, 2.75) is 57.8 Å². The fourth-order valence-electron chi connectivity index (χ4n) is 3.30. The first kappa shape index (κ1) is 16.8. The Morgan fingerprint density at radius 3 is 2.58 bits per heavy atom. The van der Waals surface area contributed by atoms with E-state index in [0.717, 1.165) is 44.3 Å². The monoisotopic (exact) mass is 288 g/mol. The smallest absolute Gasteiger partial charge is 0.220 e. The first-order valence-electron chi connectivity index (χ1n) is 7.82. The van der Waals surface area contributed by atoms with E-state index in [2.05, 4.69) is 10.6 Å². The molecule has 3 nitrogen and oxygen atoms in total. The van der Waals surface area contributed by atoms with Gasteiger partial charge in [0.05, 0.1) is 0 Å². The van der Waals surface area contributed by atoms with Crippen molar-refractivity contribution in [3.63, 3.8) is 0 Å². The third kappa shape index (κ3) is 6.62. The Morgan fingerprint density at radius 1 is 1.11 bits per heavy atom. The Hall–Kier alpha value is -0.280. The van der Waals surface area contributed by atoms with Crippen LogP contribution in [0.4, 0.5) is 0 Å². The maximum Gasteiger partial charge on any atom is 0.220 e. The summed E-state index contributed by atoms with van der Waals surface area (Å²) in [4.78, 5) is 11.7. The van der Waals surface area contributed by atoms with Crippen molar-refractivity contribution in [2.75, 3.05) is 19.6 Å². The van der Waals surface area contributed by atoms with Crippen LogP contribution in [0.15, 0.2) is 0 Å². The van der Waals surface area contributed by atoms with E-state index in [1.807, 2.05) is 0 Å². The van der Waals surface area contributed by atoms with E-state index in [0.29, 0.717) is 0 Å². The second-order valence-corrected chi connectivity index (χ2v) is 6.04. The molecule has 112 valence electrons. The van der Waals surface area contributed by atoms with Gasteiger partial charge in [-0.05, 0) is 50.6 Å². The Balaban J connectivity index is 0.00000180. The molecule has 2 rings (SSSR count). The van der Waals surface area contributed by atoms with Gasteiger partial charge in [0.15, 0.2) is 0 Å². The fraction of sp³-hybridized carbons (Fsp3) is 0.933. The van der Waals surface area contributed by atoms with Gasteiger partial charge in [0.1, 0.15) is 0 Å². The summed E-state index contributed by atoms with van der Waals surface area (Å²) >= 11 is 0. The summed E-state index contributed by atoms with van der Waals surface area (Å²) in [6, 6.07) is 0. The zero-order chi connectivity index (χ0) is 12.6. The molecule has 1 amide bonds. The molecule has 2 aliphatic rings. The Morgan fingerprint density at radius 2 is 1.89 bits per heavy atom. The second kappa shape index (κ2) is 9.60. The molecule has 0 aromatic carbocycles. The van der Waals surface area contributed by atoms with Crippen LogP contribution in [-0.2, 0) is 4.79 Å². The van der Waals surface area contributed by atoms with Gasteiger partial charge in [-0.15, -0.1) is 12.4 Å². The lowest BCUT2D eigenvalue weighted by molar-refractivity contribution is -0.121. The molecule has 1 aliphatic heterocycles. The second-order valence-electron chi connectivity index (χ2n) is 6.04. The van der Waals surface area contributed by atoms with Crippen LogP contribution in [0.3, 0.4) is 0 Å². The normalized spacial score (nSPS) is 23.3. The fourth-order valence-corrected chi connectivity index (χ4v) is 3.30. The summed E-state index contributed by atoms with van der Waals surface area (Å²) in [5.41, 5.74) is 0. The van der Waals surface area contributed by atoms with E-state index >= 15 is 0 Å². The standard InChI is InChI=1S/C15H28N2O.ClH/c18-15(8-7-14-9-11-16-12-14)17-10-3-6-13-4-1-2-5-13;/h13-14,16H,1-12H2,(H,17,18);1H. The number of halogens is 1. The topological polar surface area (TPSA) is 41.1 Å². The van der Waals surface area contributed by atoms with Crippen LogP contribution in [0.1, 0.15) is 57.8 Å². The van der Waals surface area contributed by atoms with Gasteiger partial charge in [0.25, 0.3) is 0 Å². The van der Waals surface area contributed by atoms with Gasteiger partial charge < -0.3 is 10.6 Å². The van der Waals surface area contributed by atoms with Gasteiger partial charge in [-0.1, -0.05) is 25.7 Å². The van der Waals surface area contributed by atoms with Gasteiger partial charge in [-0.3, -0.25) is 4.79 Å². The van der Waals surface area contributed by atoms with Crippen molar-refractivity contribution in [3.05, 3.63) is 0 Å². The third-order valence-corrected chi connectivity index (χ3v) is 4.53. The van der Waals surface area contributed by atoms with Crippen LogP contribution in [-0.4, -0.2) is 25.5 Å². The number of hydrogen-bond acceptors (Lipinski definition) is 2. The average Bonchev–Trinajstić information content (AvgIpc) is 3.04. The molecule has 0 aromatic heterocycles. The molecule has 1 aliphatic carbocycles. The summed E-state index contributed by atoms with van der Waals surface area (Å²) in [7, 11) is 0. The summed E-state index contributed by atoms with van der Waals surface area (Å²) in [6.45, 7) is 3.13. The summed E-state index contributed by atoms with van der Waals surface area (Å²) in [6.07, 6.45) is 11.2. The van der Waals surface area contributed by atoms with Crippen molar-refractivity contribution in [1.82, 2.24) is 10.6 Å². The number of amides is 1. The molecule has 1 heterocycles. The molecule has 0 radical (unpaired) electrons. The highest BCUT2D eigenvalue weighted by atomic mass is 35.5. The molecule has 1 saturated heterocycles. The maximum absolute atomic E-state index is 11.7. The molecule has 1 atom stereocenters. The van der Waals surface area contributed by atoms with Crippen LogP contribution < -0.4 is 10.6 Å².